The third-order valence-electron chi connectivity index (χ3n) is 5.40. The smallest absolute Gasteiger partial charge is 0.194 e. The summed E-state index contributed by atoms with van der Waals surface area (Å²) in [5.41, 5.74) is 2.56. The van der Waals surface area contributed by atoms with E-state index in [1.165, 1.54) is 11.3 Å². The maximum atomic E-state index is 4.91. The van der Waals surface area contributed by atoms with Gasteiger partial charge in [0.05, 0.1) is 0 Å². The third-order valence-corrected chi connectivity index (χ3v) is 5.40. The molecule has 1 aliphatic rings. The topological polar surface area (TPSA) is 48.7 Å². The largest absolute Gasteiger partial charge is 0.368 e. The lowest BCUT2D eigenvalue weighted by atomic mass is 10.2. The van der Waals surface area contributed by atoms with Gasteiger partial charge in [-0.15, -0.1) is 0 Å². The number of benzene rings is 2. The van der Waals surface area contributed by atoms with E-state index in [0.717, 1.165) is 51.1 Å². The van der Waals surface area contributed by atoms with Crippen molar-refractivity contribution in [2.75, 3.05) is 37.6 Å². The summed E-state index contributed by atoms with van der Waals surface area (Å²) in [4.78, 5) is 14.2. The molecule has 0 unspecified atom stereocenters. The van der Waals surface area contributed by atoms with Gasteiger partial charge in [0.1, 0.15) is 12.4 Å². The van der Waals surface area contributed by atoms with Crippen molar-refractivity contribution in [3.05, 3.63) is 84.4 Å². The predicted molar refractivity (Wildman–Crippen MR) is 123 cm³/mol. The Balaban J connectivity index is 1.40. The minimum absolute atomic E-state index is 0.571. The summed E-state index contributed by atoms with van der Waals surface area (Å²) in [6.07, 6.45) is 3.89. The number of guanidine groups is 1. The van der Waals surface area contributed by atoms with E-state index < -0.39 is 0 Å². The molecule has 6 nitrogen and oxygen atoms in total. The highest BCUT2D eigenvalue weighted by molar-refractivity contribution is 5.80. The Kier molecular flexibility index (Phi) is 6.65. The van der Waals surface area contributed by atoms with Crippen LogP contribution in [0, 0.1) is 0 Å². The molecule has 6 heteroatoms. The molecule has 2 heterocycles. The molecule has 0 saturated carbocycles. The SMILES string of the molecule is CCNC(=NCc1nccn1Cc1ccccc1)N1CCN(c2ccccc2)CC1. The van der Waals surface area contributed by atoms with Gasteiger partial charge in [-0.25, -0.2) is 9.98 Å². The van der Waals surface area contributed by atoms with Crippen molar-refractivity contribution in [3.8, 4) is 0 Å². The number of para-hydroxylation sites is 1. The first-order valence-corrected chi connectivity index (χ1v) is 10.7. The molecule has 30 heavy (non-hydrogen) atoms. The highest BCUT2D eigenvalue weighted by Gasteiger charge is 2.19. The molecule has 1 fully saturated rings. The zero-order valence-electron chi connectivity index (χ0n) is 17.6. The van der Waals surface area contributed by atoms with Crippen molar-refractivity contribution in [2.24, 2.45) is 4.99 Å². The van der Waals surface area contributed by atoms with E-state index in [1.807, 2.05) is 18.5 Å². The van der Waals surface area contributed by atoms with Gasteiger partial charge in [-0.3, -0.25) is 0 Å². The van der Waals surface area contributed by atoms with E-state index in [0.29, 0.717) is 6.54 Å². The summed E-state index contributed by atoms with van der Waals surface area (Å²) in [5, 5.41) is 3.46. The fourth-order valence-electron chi connectivity index (χ4n) is 3.80. The van der Waals surface area contributed by atoms with Gasteiger partial charge in [-0.2, -0.15) is 0 Å². The number of nitrogens with one attached hydrogen (secondary N) is 1. The van der Waals surface area contributed by atoms with Crippen LogP contribution >= 0.6 is 0 Å². The first-order chi connectivity index (χ1) is 14.8. The fraction of sp³-hybridized carbons (Fsp3) is 0.333. The number of hydrogen-bond donors (Lipinski definition) is 1. The second-order valence-electron chi connectivity index (χ2n) is 7.44. The van der Waals surface area contributed by atoms with Crippen LogP contribution < -0.4 is 10.2 Å². The first-order valence-electron chi connectivity index (χ1n) is 10.7. The molecule has 1 saturated heterocycles. The molecule has 4 rings (SSSR count). The minimum Gasteiger partial charge on any atom is -0.368 e. The molecule has 0 atom stereocenters. The lowest BCUT2D eigenvalue weighted by molar-refractivity contribution is 0.372. The number of anilines is 1. The summed E-state index contributed by atoms with van der Waals surface area (Å²) in [5.74, 6) is 1.96. The molecular weight excluding hydrogens is 372 g/mol. The molecule has 0 spiro atoms. The maximum absolute atomic E-state index is 4.91. The minimum atomic E-state index is 0.571. The van der Waals surface area contributed by atoms with E-state index in [1.54, 1.807) is 0 Å². The van der Waals surface area contributed by atoms with Crippen molar-refractivity contribution >= 4 is 11.6 Å². The maximum Gasteiger partial charge on any atom is 0.194 e. The van der Waals surface area contributed by atoms with Crippen molar-refractivity contribution in [1.29, 1.82) is 0 Å². The van der Waals surface area contributed by atoms with Crippen LogP contribution in [0.25, 0.3) is 0 Å². The van der Waals surface area contributed by atoms with Crippen LogP contribution in [0.15, 0.2) is 78.0 Å². The quantitative estimate of drug-likeness (QED) is 0.508. The van der Waals surface area contributed by atoms with Gasteiger partial charge in [0, 0.05) is 57.3 Å². The van der Waals surface area contributed by atoms with Gasteiger partial charge in [-0.1, -0.05) is 48.5 Å². The number of hydrogen-bond acceptors (Lipinski definition) is 3. The Morgan fingerprint density at radius 2 is 1.67 bits per heavy atom. The first kappa shape index (κ1) is 20.0. The van der Waals surface area contributed by atoms with Gasteiger partial charge in [-0.05, 0) is 24.6 Å². The van der Waals surface area contributed by atoms with Crippen LogP contribution in [0.5, 0.6) is 0 Å². The number of imidazole rings is 1. The van der Waals surface area contributed by atoms with Crippen molar-refractivity contribution in [2.45, 2.75) is 20.0 Å². The molecule has 3 aromatic rings. The number of aromatic nitrogens is 2. The van der Waals surface area contributed by atoms with Crippen LogP contribution in [0.3, 0.4) is 0 Å². The molecule has 1 aromatic heterocycles. The number of aliphatic imine (C=N–C) groups is 1. The van der Waals surface area contributed by atoms with Crippen LogP contribution in [-0.2, 0) is 13.1 Å². The summed E-state index contributed by atoms with van der Waals surface area (Å²) >= 11 is 0. The average molecular weight is 403 g/mol. The van der Waals surface area contributed by atoms with Crippen molar-refractivity contribution in [1.82, 2.24) is 19.8 Å². The molecule has 0 radical (unpaired) electrons. The molecule has 0 bridgehead atoms. The fourth-order valence-corrected chi connectivity index (χ4v) is 3.80. The summed E-state index contributed by atoms with van der Waals surface area (Å²) in [6, 6.07) is 21.1. The highest BCUT2D eigenvalue weighted by Crippen LogP contribution is 2.16. The molecular formula is C24H30N6. The molecule has 1 N–H and O–H groups in total. The van der Waals surface area contributed by atoms with E-state index in [9.17, 15) is 0 Å². The zero-order valence-corrected chi connectivity index (χ0v) is 17.6. The van der Waals surface area contributed by atoms with Crippen molar-refractivity contribution < 1.29 is 0 Å². The number of piperazine rings is 1. The number of nitrogens with zero attached hydrogens (tertiary/aromatic N) is 5. The highest BCUT2D eigenvalue weighted by atomic mass is 15.3. The molecule has 156 valence electrons. The lowest BCUT2D eigenvalue weighted by Crippen LogP contribution is -2.52. The molecule has 2 aromatic carbocycles. The van der Waals surface area contributed by atoms with Crippen LogP contribution in [0.2, 0.25) is 0 Å². The Morgan fingerprint density at radius 3 is 2.37 bits per heavy atom. The second kappa shape index (κ2) is 9.96. The summed E-state index contributed by atoms with van der Waals surface area (Å²) in [6.45, 7) is 8.27. The molecule has 1 aliphatic heterocycles. The van der Waals surface area contributed by atoms with E-state index >= 15 is 0 Å². The Bertz CT molecular complexity index is 927. The Morgan fingerprint density at radius 1 is 0.967 bits per heavy atom. The zero-order chi connectivity index (χ0) is 20.6. The molecule has 0 amide bonds. The predicted octanol–water partition coefficient (Wildman–Crippen LogP) is 3.22. The van der Waals surface area contributed by atoms with Gasteiger partial charge in [0.2, 0.25) is 0 Å². The molecule has 0 aliphatic carbocycles. The van der Waals surface area contributed by atoms with E-state index in [-0.39, 0.29) is 0 Å². The third kappa shape index (κ3) is 5.00. The normalized spacial score (nSPS) is 14.8. The van der Waals surface area contributed by atoms with E-state index in [2.05, 4.69) is 86.2 Å². The van der Waals surface area contributed by atoms with E-state index in [4.69, 9.17) is 4.99 Å². The van der Waals surface area contributed by atoms with Crippen LogP contribution in [-0.4, -0.2) is 53.1 Å². The number of rotatable bonds is 6. The summed E-state index contributed by atoms with van der Waals surface area (Å²) in [7, 11) is 0. The van der Waals surface area contributed by atoms with Crippen LogP contribution in [0.1, 0.15) is 18.3 Å². The average Bonchev–Trinajstić information content (AvgIpc) is 3.25. The monoisotopic (exact) mass is 402 g/mol. The Hall–Kier alpha value is -3.28. The second-order valence-corrected chi connectivity index (χ2v) is 7.44. The van der Waals surface area contributed by atoms with Gasteiger partial charge < -0.3 is 19.7 Å². The van der Waals surface area contributed by atoms with Gasteiger partial charge in [0.25, 0.3) is 0 Å². The Labute approximate surface area is 178 Å². The van der Waals surface area contributed by atoms with Gasteiger partial charge >= 0.3 is 0 Å². The van der Waals surface area contributed by atoms with Crippen LogP contribution in [0.4, 0.5) is 5.69 Å². The van der Waals surface area contributed by atoms with Gasteiger partial charge in [0.15, 0.2) is 5.96 Å². The summed E-state index contributed by atoms with van der Waals surface area (Å²) < 4.78 is 2.18. The van der Waals surface area contributed by atoms with Crippen molar-refractivity contribution in [3.63, 3.8) is 0 Å². The standard InChI is InChI=1S/C24H30N6/c1-2-25-24(29-17-15-28(16-18-29)22-11-7-4-8-12-22)27-19-23-26-13-14-30(23)20-21-9-5-3-6-10-21/h3-14H,2,15-20H2,1H3,(H,25,27). The lowest BCUT2D eigenvalue weighted by Gasteiger charge is -2.37.